The van der Waals surface area contributed by atoms with Crippen LogP contribution in [0.1, 0.15) is 23.7 Å². The summed E-state index contributed by atoms with van der Waals surface area (Å²) in [6.07, 6.45) is 0.0548. The van der Waals surface area contributed by atoms with E-state index in [0.717, 1.165) is 0 Å². The van der Waals surface area contributed by atoms with E-state index in [9.17, 15) is 9.90 Å². The normalized spacial score (nSPS) is 17.3. The first-order valence-electron chi connectivity index (χ1n) is 6.66. The van der Waals surface area contributed by atoms with Gasteiger partial charge in [-0.3, -0.25) is 4.79 Å². The van der Waals surface area contributed by atoms with E-state index in [1.165, 1.54) is 7.11 Å². The van der Waals surface area contributed by atoms with Crippen LogP contribution in [-0.2, 0) is 0 Å². The molecule has 2 aromatic carbocycles. The van der Waals surface area contributed by atoms with Crippen molar-refractivity contribution in [3.05, 3.63) is 23.8 Å². The van der Waals surface area contributed by atoms with E-state index >= 15 is 0 Å². The molecular weight excluding hydrogens is 272 g/mol. The zero-order chi connectivity index (χ0) is 15.1. The van der Waals surface area contributed by atoms with Crippen molar-refractivity contribution >= 4 is 16.6 Å². The highest BCUT2D eigenvalue weighted by Crippen LogP contribution is 2.45. The van der Waals surface area contributed by atoms with Gasteiger partial charge in [0.25, 0.3) is 0 Å². The van der Waals surface area contributed by atoms with Crippen molar-refractivity contribution < 1.29 is 24.1 Å². The molecule has 0 unspecified atom stereocenters. The predicted molar refractivity (Wildman–Crippen MR) is 77.8 cm³/mol. The summed E-state index contributed by atoms with van der Waals surface area (Å²) in [5.74, 6) is 1.24. The van der Waals surface area contributed by atoms with Gasteiger partial charge in [0.05, 0.1) is 19.6 Å². The Kier molecular flexibility index (Phi) is 3.12. The largest absolute Gasteiger partial charge is 0.506 e. The lowest BCUT2D eigenvalue weighted by molar-refractivity contribution is 0.0867. The number of aromatic hydroxyl groups is 1. The van der Waals surface area contributed by atoms with Gasteiger partial charge in [-0.05, 0) is 24.4 Å². The van der Waals surface area contributed by atoms with Crippen molar-refractivity contribution in [2.45, 2.75) is 19.4 Å². The van der Waals surface area contributed by atoms with E-state index in [-0.39, 0.29) is 29.6 Å². The van der Waals surface area contributed by atoms with Gasteiger partial charge in [0.2, 0.25) is 0 Å². The molecule has 5 nitrogen and oxygen atoms in total. The van der Waals surface area contributed by atoms with Gasteiger partial charge in [-0.1, -0.05) is 0 Å². The van der Waals surface area contributed by atoms with Gasteiger partial charge >= 0.3 is 0 Å². The topological polar surface area (TPSA) is 65.0 Å². The SMILES string of the molecule is COc1cc(OC)c2c(O)c3c(cc2c1)O[C@@H](C)CC3=O. The Balaban J connectivity index is 2.36. The fraction of sp³-hybridized carbons (Fsp3) is 0.312. The molecule has 0 amide bonds. The molecule has 3 rings (SSSR count). The molecule has 5 heteroatoms. The van der Waals surface area contributed by atoms with Crippen molar-refractivity contribution in [1.29, 1.82) is 0 Å². The van der Waals surface area contributed by atoms with E-state index in [4.69, 9.17) is 14.2 Å². The maximum absolute atomic E-state index is 12.2. The molecule has 110 valence electrons. The van der Waals surface area contributed by atoms with Crippen LogP contribution in [0.4, 0.5) is 0 Å². The second-order valence-corrected chi connectivity index (χ2v) is 5.08. The fourth-order valence-corrected chi connectivity index (χ4v) is 2.70. The first kappa shape index (κ1) is 13.5. The van der Waals surface area contributed by atoms with E-state index in [1.54, 1.807) is 25.3 Å². The Labute approximate surface area is 122 Å². The number of hydrogen-bond acceptors (Lipinski definition) is 5. The lowest BCUT2D eigenvalue weighted by atomic mass is 9.95. The third kappa shape index (κ3) is 2.05. The number of hydrogen-bond donors (Lipinski definition) is 1. The van der Waals surface area contributed by atoms with Crippen LogP contribution < -0.4 is 14.2 Å². The van der Waals surface area contributed by atoms with Gasteiger partial charge in [0, 0.05) is 12.5 Å². The second kappa shape index (κ2) is 4.84. The van der Waals surface area contributed by atoms with Crippen LogP contribution in [0.5, 0.6) is 23.0 Å². The van der Waals surface area contributed by atoms with Crippen molar-refractivity contribution in [2.24, 2.45) is 0 Å². The lowest BCUT2D eigenvalue weighted by Gasteiger charge is -2.24. The van der Waals surface area contributed by atoms with Crippen molar-refractivity contribution in [1.82, 2.24) is 0 Å². The number of ketones is 1. The highest BCUT2D eigenvalue weighted by molar-refractivity contribution is 6.10. The molecule has 1 atom stereocenters. The maximum Gasteiger partial charge on any atom is 0.174 e. The standard InChI is InChI=1S/C16H16O5/c1-8-4-11(17)15-13(21-8)6-9-5-10(19-2)7-12(20-3)14(9)16(15)18/h5-8,18H,4H2,1-3H3/t8-/m0/s1. The number of phenols is 1. The monoisotopic (exact) mass is 288 g/mol. The van der Waals surface area contributed by atoms with Crippen LogP contribution in [0.3, 0.4) is 0 Å². The Bertz CT molecular complexity index is 735. The summed E-state index contributed by atoms with van der Waals surface area (Å²) < 4.78 is 16.2. The lowest BCUT2D eigenvalue weighted by Crippen LogP contribution is -2.24. The number of phenolic OH excluding ortho intramolecular Hbond substituents is 1. The molecule has 0 bridgehead atoms. The van der Waals surface area contributed by atoms with Gasteiger partial charge in [0.1, 0.15) is 34.7 Å². The van der Waals surface area contributed by atoms with Gasteiger partial charge in [-0.15, -0.1) is 0 Å². The Hall–Kier alpha value is -2.43. The number of rotatable bonds is 2. The third-order valence-electron chi connectivity index (χ3n) is 3.65. The van der Waals surface area contributed by atoms with Crippen LogP contribution in [0.15, 0.2) is 18.2 Å². The number of methoxy groups -OCH3 is 2. The highest BCUT2D eigenvalue weighted by atomic mass is 16.5. The predicted octanol–water partition coefficient (Wildman–Crippen LogP) is 2.92. The van der Waals surface area contributed by atoms with Gasteiger partial charge in [-0.25, -0.2) is 0 Å². The number of fused-ring (bicyclic) bond motifs is 2. The zero-order valence-electron chi connectivity index (χ0n) is 12.1. The van der Waals surface area contributed by atoms with Crippen molar-refractivity contribution in [3.63, 3.8) is 0 Å². The highest BCUT2D eigenvalue weighted by Gasteiger charge is 2.29. The molecular formula is C16H16O5. The van der Waals surface area contributed by atoms with Gasteiger partial charge in [-0.2, -0.15) is 0 Å². The molecule has 1 heterocycles. The number of ether oxygens (including phenoxy) is 3. The average Bonchev–Trinajstić information content (AvgIpc) is 2.44. The van der Waals surface area contributed by atoms with Crippen LogP contribution in [-0.4, -0.2) is 31.2 Å². The van der Waals surface area contributed by atoms with Crippen molar-refractivity contribution in [3.8, 4) is 23.0 Å². The summed E-state index contributed by atoms with van der Waals surface area (Å²) in [5.41, 5.74) is 0.226. The Morgan fingerprint density at radius 3 is 2.67 bits per heavy atom. The quantitative estimate of drug-likeness (QED) is 0.920. The van der Waals surface area contributed by atoms with E-state index in [0.29, 0.717) is 28.0 Å². The van der Waals surface area contributed by atoms with Crippen LogP contribution in [0.25, 0.3) is 10.8 Å². The number of Topliss-reactive ketones (excluding diaryl/α,β-unsaturated/α-hetero) is 1. The molecule has 0 saturated carbocycles. The number of carbonyl (C=O) groups is 1. The number of carbonyl (C=O) groups excluding carboxylic acids is 1. The molecule has 1 N–H and O–H groups in total. The summed E-state index contributed by atoms with van der Waals surface area (Å²) in [6.45, 7) is 1.83. The fourth-order valence-electron chi connectivity index (χ4n) is 2.70. The second-order valence-electron chi connectivity index (χ2n) is 5.08. The molecule has 1 aliphatic heterocycles. The summed E-state index contributed by atoms with van der Waals surface area (Å²) >= 11 is 0. The maximum atomic E-state index is 12.2. The van der Waals surface area contributed by atoms with Crippen LogP contribution in [0.2, 0.25) is 0 Å². The van der Waals surface area contributed by atoms with Gasteiger partial charge in [0.15, 0.2) is 5.78 Å². The molecule has 0 saturated heterocycles. The summed E-state index contributed by atoms with van der Waals surface area (Å²) in [6, 6.07) is 5.18. The molecule has 0 aromatic heterocycles. The first-order chi connectivity index (χ1) is 10.0. The molecule has 0 fully saturated rings. The summed E-state index contributed by atoms with van der Waals surface area (Å²) in [7, 11) is 3.06. The molecule has 0 aliphatic carbocycles. The zero-order valence-corrected chi connectivity index (χ0v) is 12.1. The smallest absolute Gasteiger partial charge is 0.174 e. The van der Waals surface area contributed by atoms with Gasteiger partial charge < -0.3 is 19.3 Å². The van der Waals surface area contributed by atoms with E-state index < -0.39 is 0 Å². The Morgan fingerprint density at radius 2 is 2.00 bits per heavy atom. The van der Waals surface area contributed by atoms with Crippen molar-refractivity contribution in [2.75, 3.05) is 14.2 Å². The first-order valence-corrected chi connectivity index (χ1v) is 6.66. The summed E-state index contributed by atoms with van der Waals surface area (Å²) in [4.78, 5) is 12.2. The van der Waals surface area contributed by atoms with Crippen LogP contribution in [0, 0.1) is 0 Å². The Morgan fingerprint density at radius 1 is 1.24 bits per heavy atom. The number of benzene rings is 2. The average molecular weight is 288 g/mol. The van der Waals surface area contributed by atoms with E-state index in [1.807, 2.05) is 6.92 Å². The summed E-state index contributed by atoms with van der Waals surface area (Å²) in [5, 5.41) is 11.7. The molecule has 0 radical (unpaired) electrons. The minimum absolute atomic E-state index is 0.0982. The third-order valence-corrected chi connectivity index (χ3v) is 3.65. The minimum atomic E-state index is -0.200. The molecule has 1 aliphatic rings. The molecule has 21 heavy (non-hydrogen) atoms. The minimum Gasteiger partial charge on any atom is -0.506 e. The van der Waals surface area contributed by atoms with Crippen LogP contribution >= 0.6 is 0 Å². The molecule has 2 aromatic rings. The molecule has 0 spiro atoms. The van der Waals surface area contributed by atoms with E-state index in [2.05, 4.69) is 0 Å².